The first-order chi connectivity index (χ1) is 13.5. The van der Waals surface area contributed by atoms with E-state index >= 15 is 0 Å². The van der Waals surface area contributed by atoms with Crippen LogP contribution in [0.5, 0.6) is 0 Å². The van der Waals surface area contributed by atoms with Crippen molar-refractivity contribution in [1.82, 2.24) is 5.32 Å². The van der Waals surface area contributed by atoms with Gasteiger partial charge in [0, 0.05) is 21.0 Å². The van der Waals surface area contributed by atoms with Crippen LogP contribution in [0.1, 0.15) is 26.3 Å². The summed E-state index contributed by atoms with van der Waals surface area (Å²) in [5.74, 6) is 0. The minimum absolute atomic E-state index is 0.147. The maximum Gasteiger partial charge on any atom is 0.129 e. The summed E-state index contributed by atoms with van der Waals surface area (Å²) in [6.45, 7) is 8.28. The van der Waals surface area contributed by atoms with Crippen LogP contribution in [0.4, 0.5) is 0 Å². The van der Waals surface area contributed by atoms with Crippen molar-refractivity contribution in [3.8, 4) is 0 Å². The lowest BCUT2D eigenvalue weighted by atomic mass is 9.98. The van der Waals surface area contributed by atoms with Crippen LogP contribution in [-0.4, -0.2) is 12.1 Å². The second-order valence-electron chi connectivity index (χ2n) is 8.05. The third kappa shape index (κ3) is 6.04. The summed E-state index contributed by atoms with van der Waals surface area (Å²) in [7, 11) is -0.725. The number of benzene rings is 3. The summed E-state index contributed by atoms with van der Waals surface area (Å²) in [6.07, 6.45) is 0. The van der Waals surface area contributed by atoms with Gasteiger partial charge in [-0.2, -0.15) is 0 Å². The zero-order chi connectivity index (χ0) is 19.8. The standard InChI is InChI=1S/C25H29N2P/c1-25(2,3)20-27-24(26-19-21-13-7-4-8-14-21)28(22-15-9-5-10-16-22)23-17-11-6-12-18-23/h4-18H,19-20H2,1-3H3,(H,26,27). The van der Waals surface area contributed by atoms with Gasteiger partial charge in [-0.05, 0) is 21.6 Å². The highest BCUT2D eigenvalue weighted by molar-refractivity contribution is 7.87. The maximum absolute atomic E-state index is 5.10. The lowest BCUT2D eigenvalue weighted by Gasteiger charge is -2.24. The van der Waals surface area contributed by atoms with Crippen molar-refractivity contribution in [2.24, 2.45) is 10.4 Å². The molecule has 0 amide bonds. The van der Waals surface area contributed by atoms with Gasteiger partial charge in [0.1, 0.15) is 5.58 Å². The third-order valence-corrected chi connectivity index (χ3v) is 6.59. The van der Waals surface area contributed by atoms with E-state index in [1.54, 1.807) is 0 Å². The number of rotatable bonds is 6. The second kappa shape index (κ2) is 9.66. The Labute approximate surface area is 170 Å². The summed E-state index contributed by atoms with van der Waals surface area (Å²) < 4.78 is 0. The van der Waals surface area contributed by atoms with Crippen molar-refractivity contribution in [2.75, 3.05) is 6.54 Å². The Morgan fingerprint density at radius 3 is 1.68 bits per heavy atom. The van der Waals surface area contributed by atoms with Crippen LogP contribution < -0.4 is 15.9 Å². The molecule has 0 aliphatic carbocycles. The molecule has 0 fully saturated rings. The van der Waals surface area contributed by atoms with Crippen molar-refractivity contribution < 1.29 is 0 Å². The van der Waals surface area contributed by atoms with E-state index in [1.807, 2.05) is 0 Å². The van der Waals surface area contributed by atoms with Crippen LogP contribution in [-0.2, 0) is 6.54 Å². The summed E-state index contributed by atoms with van der Waals surface area (Å²) in [4.78, 5) is 5.10. The Morgan fingerprint density at radius 1 is 0.750 bits per heavy atom. The molecule has 0 atom stereocenters. The molecular weight excluding hydrogens is 359 g/mol. The summed E-state index contributed by atoms with van der Waals surface area (Å²) in [5, 5.41) is 6.32. The van der Waals surface area contributed by atoms with Crippen LogP contribution in [0, 0.1) is 5.41 Å². The highest BCUT2D eigenvalue weighted by atomic mass is 31.1. The fraction of sp³-hybridized carbons (Fsp3) is 0.240. The van der Waals surface area contributed by atoms with Crippen LogP contribution in [0.3, 0.4) is 0 Å². The van der Waals surface area contributed by atoms with E-state index in [0.29, 0.717) is 0 Å². The SMILES string of the molecule is CC(C)(C)C/N=C(/NCc1ccccc1)P(c1ccccc1)c1ccccc1. The largest absolute Gasteiger partial charge is 0.366 e. The molecule has 144 valence electrons. The van der Waals surface area contributed by atoms with Crippen LogP contribution in [0.2, 0.25) is 0 Å². The van der Waals surface area contributed by atoms with E-state index in [4.69, 9.17) is 4.99 Å². The molecule has 0 saturated heterocycles. The number of aliphatic imine (C=N–C) groups is 1. The molecule has 0 aliphatic rings. The van der Waals surface area contributed by atoms with Gasteiger partial charge < -0.3 is 5.32 Å². The molecule has 0 unspecified atom stereocenters. The van der Waals surface area contributed by atoms with Crippen LogP contribution in [0.15, 0.2) is 96.0 Å². The zero-order valence-electron chi connectivity index (χ0n) is 17.0. The topological polar surface area (TPSA) is 24.4 Å². The quantitative estimate of drug-likeness (QED) is 0.345. The number of nitrogens with zero attached hydrogens (tertiary/aromatic N) is 1. The highest BCUT2D eigenvalue weighted by Gasteiger charge is 2.21. The van der Waals surface area contributed by atoms with E-state index in [9.17, 15) is 0 Å². The number of amidine groups is 1. The van der Waals surface area contributed by atoms with E-state index in [0.717, 1.165) is 18.7 Å². The molecule has 0 aromatic heterocycles. The molecule has 0 bridgehead atoms. The Kier molecular flexibility index (Phi) is 7.01. The average molecular weight is 388 g/mol. The van der Waals surface area contributed by atoms with Gasteiger partial charge in [-0.3, -0.25) is 4.99 Å². The molecule has 3 aromatic rings. The van der Waals surface area contributed by atoms with Gasteiger partial charge in [-0.1, -0.05) is 112 Å². The fourth-order valence-electron chi connectivity index (χ4n) is 2.84. The van der Waals surface area contributed by atoms with Crippen LogP contribution in [0.25, 0.3) is 0 Å². The zero-order valence-corrected chi connectivity index (χ0v) is 17.9. The first-order valence-electron chi connectivity index (χ1n) is 9.75. The minimum atomic E-state index is -0.725. The monoisotopic (exact) mass is 388 g/mol. The third-order valence-electron chi connectivity index (χ3n) is 4.24. The summed E-state index contributed by atoms with van der Waals surface area (Å²) in [6, 6.07) is 32.0. The molecule has 0 radical (unpaired) electrons. The molecule has 0 aliphatic heterocycles. The van der Waals surface area contributed by atoms with Crippen molar-refractivity contribution in [3.63, 3.8) is 0 Å². The van der Waals surface area contributed by atoms with Crippen molar-refractivity contribution in [3.05, 3.63) is 96.6 Å². The molecule has 1 N–H and O–H groups in total. The van der Waals surface area contributed by atoms with Gasteiger partial charge >= 0.3 is 0 Å². The molecule has 3 aromatic carbocycles. The smallest absolute Gasteiger partial charge is 0.129 e. The minimum Gasteiger partial charge on any atom is -0.366 e. The van der Waals surface area contributed by atoms with Gasteiger partial charge in [0.15, 0.2) is 0 Å². The van der Waals surface area contributed by atoms with Crippen molar-refractivity contribution in [1.29, 1.82) is 0 Å². The number of hydrogen-bond acceptors (Lipinski definition) is 1. The van der Waals surface area contributed by atoms with Gasteiger partial charge in [0.25, 0.3) is 0 Å². The average Bonchev–Trinajstić information content (AvgIpc) is 2.71. The predicted molar refractivity (Wildman–Crippen MR) is 124 cm³/mol. The Balaban J connectivity index is 1.98. The first-order valence-corrected chi connectivity index (χ1v) is 11.1. The van der Waals surface area contributed by atoms with E-state index in [2.05, 4.69) is 117 Å². The van der Waals surface area contributed by atoms with E-state index in [-0.39, 0.29) is 5.41 Å². The lowest BCUT2D eigenvalue weighted by molar-refractivity contribution is 0.429. The Hall–Kier alpha value is -2.44. The molecular formula is C25H29N2P. The molecule has 0 saturated carbocycles. The van der Waals surface area contributed by atoms with Crippen molar-refractivity contribution in [2.45, 2.75) is 27.3 Å². The van der Waals surface area contributed by atoms with Crippen LogP contribution >= 0.6 is 7.92 Å². The second-order valence-corrected chi connectivity index (χ2v) is 10.2. The molecule has 0 heterocycles. The Morgan fingerprint density at radius 2 is 1.21 bits per heavy atom. The molecule has 2 nitrogen and oxygen atoms in total. The molecule has 28 heavy (non-hydrogen) atoms. The van der Waals surface area contributed by atoms with Gasteiger partial charge in [0.05, 0.1) is 0 Å². The Bertz CT molecular complexity index is 829. The first kappa shape index (κ1) is 20.3. The van der Waals surface area contributed by atoms with E-state index in [1.165, 1.54) is 16.2 Å². The molecule has 0 spiro atoms. The van der Waals surface area contributed by atoms with Gasteiger partial charge in [0.2, 0.25) is 0 Å². The number of hydrogen-bond donors (Lipinski definition) is 1. The van der Waals surface area contributed by atoms with Crippen molar-refractivity contribution >= 4 is 24.1 Å². The maximum atomic E-state index is 5.10. The van der Waals surface area contributed by atoms with Gasteiger partial charge in [-0.15, -0.1) is 0 Å². The highest BCUT2D eigenvalue weighted by Crippen LogP contribution is 2.35. The van der Waals surface area contributed by atoms with E-state index < -0.39 is 7.92 Å². The fourth-order valence-corrected chi connectivity index (χ4v) is 5.02. The predicted octanol–water partition coefficient (Wildman–Crippen LogP) is 5.31. The number of nitrogens with one attached hydrogen (secondary N) is 1. The molecule has 3 heteroatoms. The van der Waals surface area contributed by atoms with Gasteiger partial charge in [-0.25, -0.2) is 0 Å². The summed E-state index contributed by atoms with van der Waals surface area (Å²) >= 11 is 0. The lowest BCUT2D eigenvalue weighted by Crippen LogP contribution is -2.30. The normalized spacial score (nSPS) is 12.2. The summed E-state index contributed by atoms with van der Waals surface area (Å²) in [5.41, 5.74) is 2.50. The molecule has 3 rings (SSSR count).